The molecule has 10 heteroatoms. The second kappa shape index (κ2) is 9.54. The predicted octanol–water partition coefficient (Wildman–Crippen LogP) is 3.47. The van der Waals surface area contributed by atoms with Crippen LogP contribution in [-0.2, 0) is 15.7 Å². The lowest BCUT2D eigenvalue weighted by Crippen LogP contribution is -2.49. The van der Waals surface area contributed by atoms with E-state index >= 15 is 0 Å². The molecule has 2 aromatic rings. The Kier molecular flexibility index (Phi) is 7.23. The first-order valence-electron chi connectivity index (χ1n) is 10.3. The average molecular weight is 466 g/mol. The van der Waals surface area contributed by atoms with E-state index in [4.69, 9.17) is 10.5 Å². The van der Waals surface area contributed by atoms with Crippen molar-refractivity contribution in [3.05, 3.63) is 24.4 Å². The highest BCUT2D eigenvalue weighted by molar-refractivity contribution is 7.83. The minimum atomic E-state index is -1.41. The van der Waals surface area contributed by atoms with Crippen molar-refractivity contribution in [1.29, 1.82) is 0 Å². The summed E-state index contributed by atoms with van der Waals surface area (Å²) in [5, 5.41) is 0.879. The van der Waals surface area contributed by atoms with Crippen molar-refractivity contribution in [1.82, 2.24) is 14.6 Å². The molecule has 0 radical (unpaired) electrons. The number of amides is 1. The SMILES string of the molecule is CC(C)OC(=O)N1CCN(c2ncc(-c3ccc(N)cc3S(=O)NC(C)(C)C)s2)CC1. The smallest absolute Gasteiger partial charge is 0.410 e. The number of ether oxygens (including phenoxy) is 1. The number of thiazole rings is 1. The van der Waals surface area contributed by atoms with Crippen LogP contribution in [0.25, 0.3) is 10.4 Å². The van der Waals surface area contributed by atoms with Crippen LogP contribution in [0.1, 0.15) is 34.6 Å². The van der Waals surface area contributed by atoms with Crippen molar-refractivity contribution >= 4 is 39.2 Å². The maximum Gasteiger partial charge on any atom is 0.410 e. The van der Waals surface area contributed by atoms with Crippen molar-refractivity contribution in [2.24, 2.45) is 0 Å². The number of carbonyl (C=O) groups is 1. The van der Waals surface area contributed by atoms with E-state index < -0.39 is 11.0 Å². The third-order valence-corrected chi connectivity index (χ3v) is 7.13. The van der Waals surface area contributed by atoms with Crippen LogP contribution in [0.3, 0.4) is 0 Å². The molecule has 1 aliphatic rings. The lowest BCUT2D eigenvalue weighted by Gasteiger charge is -2.34. The van der Waals surface area contributed by atoms with Crippen molar-refractivity contribution < 1.29 is 13.7 Å². The van der Waals surface area contributed by atoms with Crippen LogP contribution in [0.2, 0.25) is 0 Å². The molecule has 0 bridgehead atoms. The van der Waals surface area contributed by atoms with Crippen molar-refractivity contribution in [2.45, 2.75) is 51.2 Å². The van der Waals surface area contributed by atoms with E-state index in [0.717, 1.165) is 15.6 Å². The van der Waals surface area contributed by atoms with Gasteiger partial charge in [0.2, 0.25) is 0 Å². The molecule has 1 aliphatic heterocycles. The molecule has 170 valence electrons. The van der Waals surface area contributed by atoms with Gasteiger partial charge in [0.1, 0.15) is 11.0 Å². The highest BCUT2D eigenvalue weighted by Crippen LogP contribution is 2.35. The first kappa shape index (κ1) is 23.5. The Morgan fingerprint density at radius 2 is 1.94 bits per heavy atom. The van der Waals surface area contributed by atoms with E-state index in [-0.39, 0.29) is 17.7 Å². The molecular weight excluding hydrogens is 434 g/mol. The van der Waals surface area contributed by atoms with Gasteiger partial charge in [-0.1, -0.05) is 17.4 Å². The summed E-state index contributed by atoms with van der Waals surface area (Å²) in [6.07, 6.45) is 1.41. The molecule has 3 N–H and O–H groups in total. The maximum atomic E-state index is 13.0. The minimum absolute atomic E-state index is 0.125. The average Bonchev–Trinajstić information content (AvgIpc) is 3.16. The number of aromatic nitrogens is 1. The largest absolute Gasteiger partial charge is 0.447 e. The summed E-state index contributed by atoms with van der Waals surface area (Å²) in [4.78, 5) is 22.1. The molecule has 0 aliphatic carbocycles. The zero-order valence-electron chi connectivity index (χ0n) is 18.7. The third kappa shape index (κ3) is 6.18. The number of carbonyl (C=O) groups excluding carboxylic acids is 1. The molecule has 1 saturated heterocycles. The topological polar surface area (TPSA) is 101 Å². The molecule has 1 aromatic carbocycles. The zero-order chi connectivity index (χ0) is 22.8. The number of rotatable bonds is 5. The lowest BCUT2D eigenvalue weighted by atomic mass is 10.1. The third-order valence-electron chi connectivity index (χ3n) is 4.51. The molecule has 3 rings (SSSR count). The Balaban J connectivity index is 1.75. The van der Waals surface area contributed by atoms with Crippen molar-refractivity contribution in [3.8, 4) is 10.4 Å². The van der Waals surface area contributed by atoms with E-state index in [2.05, 4.69) is 14.6 Å². The van der Waals surface area contributed by atoms with Gasteiger partial charge in [-0.2, -0.15) is 0 Å². The molecule has 1 unspecified atom stereocenters. The van der Waals surface area contributed by atoms with Crippen LogP contribution in [0.4, 0.5) is 15.6 Å². The lowest BCUT2D eigenvalue weighted by molar-refractivity contribution is 0.0751. The fourth-order valence-corrected chi connectivity index (χ4v) is 5.48. The molecular formula is C21H31N5O3S2. The number of benzene rings is 1. The fourth-order valence-electron chi connectivity index (χ4n) is 3.12. The van der Waals surface area contributed by atoms with Gasteiger partial charge in [0.25, 0.3) is 0 Å². The number of nitrogens with zero attached hydrogens (tertiary/aromatic N) is 3. The van der Waals surface area contributed by atoms with Gasteiger partial charge < -0.3 is 20.3 Å². The molecule has 0 saturated carbocycles. The van der Waals surface area contributed by atoms with Crippen LogP contribution >= 0.6 is 11.3 Å². The molecule has 8 nitrogen and oxygen atoms in total. The standard InChI is InChI=1S/C21H31N5O3S2/c1-14(2)29-20(27)26-10-8-25(9-11-26)19-23-13-17(30-19)16-7-6-15(22)12-18(16)31(28)24-21(3,4)5/h6-7,12-14,24H,8-11,22H2,1-5H3. The first-order valence-corrected chi connectivity index (χ1v) is 12.3. The van der Waals surface area contributed by atoms with E-state index in [1.54, 1.807) is 22.3 Å². The molecule has 1 atom stereocenters. The van der Waals surface area contributed by atoms with Crippen LogP contribution in [-0.4, -0.2) is 58.0 Å². The summed E-state index contributed by atoms with van der Waals surface area (Å²) in [6, 6.07) is 5.46. The summed E-state index contributed by atoms with van der Waals surface area (Å²) < 4.78 is 21.4. The normalized spacial score (nSPS) is 15.9. The van der Waals surface area contributed by atoms with E-state index in [0.29, 0.717) is 36.8 Å². The van der Waals surface area contributed by atoms with Crippen LogP contribution < -0.4 is 15.4 Å². The Labute approximate surface area is 190 Å². The van der Waals surface area contributed by atoms with Gasteiger partial charge in [-0.15, -0.1) is 0 Å². The Morgan fingerprint density at radius 1 is 1.26 bits per heavy atom. The molecule has 31 heavy (non-hydrogen) atoms. The highest BCUT2D eigenvalue weighted by Gasteiger charge is 2.25. The fraction of sp³-hybridized carbons (Fsp3) is 0.524. The van der Waals surface area contributed by atoms with Crippen LogP contribution in [0.5, 0.6) is 0 Å². The van der Waals surface area contributed by atoms with Gasteiger partial charge in [0.15, 0.2) is 5.13 Å². The highest BCUT2D eigenvalue weighted by atomic mass is 32.2. The number of anilines is 2. The number of hydrogen-bond acceptors (Lipinski definition) is 7. The second-order valence-corrected chi connectivity index (χ2v) is 11.0. The minimum Gasteiger partial charge on any atom is -0.447 e. The maximum absolute atomic E-state index is 13.0. The van der Waals surface area contributed by atoms with Crippen molar-refractivity contribution in [2.75, 3.05) is 36.8 Å². The molecule has 1 fully saturated rings. The summed E-state index contributed by atoms with van der Waals surface area (Å²) in [7, 11) is -1.41. The molecule has 1 aromatic heterocycles. The summed E-state index contributed by atoms with van der Waals surface area (Å²) >= 11 is 1.55. The molecule has 0 spiro atoms. The van der Waals surface area contributed by atoms with Gasteiger partial charge in [-0.25, -0.2) is 18.7 Å². The Hall–Kier alpha value is -2.17. The molecule has 1 amide bonds. The number of piperazine rings is 1. The van der Waals surface area contributed by atoms with Crippen LogP contribution in [0.15, 0.2) is 29.3 Å². The van der Waals surface area contributed by atoms with Gasteiger partial charge in [-0.3, -0.25) is 0 Å². The molecule has 2 heterocycles. The van der Waals surface area contributed by atoms with E-state index in [9.17, 15) is 9.00 Å². The number of nitrogen functional groups attached to an aromatic ring is 1. The predicted molar refractivity (Wildman–Crippen MR) is 127 cm³/mol. The summed E-state index contributed by atoms with van der Waals surface area (Å²) in [6.45, 7) is 12.2. The van der Waals surface area contributed by atoms with Gasteiger partial charge in [-0.05, 0) is 46.8 Å². The first-order chi connectivity index (χ1) is 14.5. The zero-order valence-corrected chi connectivity index (χ0v) is 20.3. The van der Waals surface area contributed by atoms with Gasteiger partial charge >= 0.3 is 6.09 Å². The Bertz CT molecular complexity index is 947. The number of nitrogens with two attached hydrogens (primary N) is 1. The summed E-state index contributed by atoms with van der Waals surface area (Å²) in [5.41, 5.74) is 7.09. The van der Waals surface area contributed by atoms with Gasteiger partial charge in [0.05, 0.1) is 15.9 Å². The number of hydrogen-bond donors (Lipinski definition) is 2. The van der Waals surface area contributed by atoms with Crippen LogP contribution in [0, 0.1) is 0 Å². The van der Waals surface area contributed by atoms with Gasteiger partial charge in [0, 0.05) is 49.2 Å². The van der Waals surface area contributed by atoms with E-state index in [1.807, 2.05) is 52.9 Å². The van der Waals surface area contributed by atoms with Crippen molar-refractivity contribution in [3.63, 3.8) is 0 Å². The van der Waals surface area contributed by atoms with E-state index in [1.165, 1.54) is 0 Å². The summed E-state index contributed by atoms with van der Waals surface area (Å²) in [5.74, 6) is 0. The number of nitrogens with one attached hydrogen (secondary N) is 1. The monoisotopic (exact) mass is 465 g/mol. The second-order valence-electron chi connectivity index (χ2n) is 8.79. The quantitative estimate of drug-likeness (QED) is 0.656. The Morgan fingerprint density at radius 3 is 2.55 bits per heavy atom.